The number of halogens is 1. The molecule has 5 rings (SSSR count). The van der Waals surface area contributed by atoms with Gasteiger partial charge in [-0.1, -0.05) is 46.3 Å². The van der Waals surface area contributed by atoms with Crippen LogP contribution in [-0.4, -0.2) is 59.8 Å². The number of carbonyl (C=O) groups excluding carboxylic acids is 1. The second-order valence-corrected chi connectivity index (χ2v) is 13.0. The first-order valence-electron chi connectivity index (χ1n) is 11.4. The second-order valence-electron chi connectivity index (χ2n) is 9.01. The number of aryl methyl sites for hydroxylation is 1. The Bertz CT molecular complexity index is 1440. The summed E-state index contributed by atoms with van der Waals surface area (Å²) < 4.78 is 29.3. The molecular weight excluding hydrogens is 566 g/mol. The van der Waals surface area contributed by atoms with Crippen LogP contribution in [0.4, 0.5) is 5.69 Å². The molecule has 3 heterocycles. The number of carbonyl (C=O) groups is 2. The second kappa shape index (κ2) is 9.71. The molecule has 2 fully saturated rings. The molecule has 0 saturated carbocycles. The minimum Gasteiger partial charge on any atom is -0.478 e. The van der Waals surface area contributed by atoms with E-state index in [0.717, 1.165) is 24.3 Å². The fraction of sp³-hybridized carbons (Fsp3) is 0.280. The molecule has 36 heavy (non-hydrogen) atoms. The number of piperazine rings is 1. The van der Waals surface area contributed by atoms with E-state index in [0.29, 0.717) is 22.4 Å². The van der Waals surface area contributed by atoms with E-state index in [-0.39, 0.29) is 33.1 Å². The Morgan fingerprint density at radius 2 is 1.86 bits per heavy atom. The smallest absolute Gasteiger partial charge is 0.337 e. The number of anilines is 1. The van der Waals surface area contributed by atoms with Gasteiger partial charge < -0.3 is 10.4 Å². The summed E-state index contributed by atoms with van der Waals surface area (Å²) in [5, 5.41) is 12.1. The van der Waals surface area contributed by atoms with Crippen molar-refractivity contribution in [3.05, 3.63) is 80.0 Å². The maximum absolute atomic E-state index is 13.6. The van der Waals surface area contributed by atoms with Crippen molar-refractivity contribution < 1.29 is 23.1 Å². The van der Waals surface area contributed by atoms with Crippen molar-refractivity contribution in [3.8, 4) is 0 Å². The Labute approximate surface area is 221 Å². The number of thiophene rings is 1. The van der Waals surface area contributed by atoms with Gasteiger partial charge in [-0.2, -0.15) is 4.31 Å². The number of likely N-dealkylation sites (tertiary alicyclic amines) is 1. The van der Waals surface area contributed by atoms with Gasteiger partial charge in [-0.15, -0.1) is 11.3 Å². The number of carboxylic acids is 1. The molecule has 0 radical (unpaired) electrons. The summed E-state index contributed by atoms with van der Waals surface area (Å²) in [5.74, 6) is -1.73. The first-order chi connectivity index (χ1) is 17.1. The van der Waals surface area contributed by atoms with Gasteiger partial charge in [0.15, 0.2) is 0 Å². The minimum absolute atomic E-state index is 0.0630. The van der Waals surface area contributed by atoms with Crippen LogP contribution in [0.15, 0.2) is 64.0 Å². The standard InChI is InChI=1S/C25H24BrN3O5S2/c1-15-23(11-22(35-15)24(30)27-21-8-7-17(26)9-20(21)25(31)32)36(33,34)29-14-18-10-19(29)13-28(18)12-16-5-3-2-4-6-16/h2-9,11,18-19H,10,12-14H2,1H3,(H,27,30)(H,31,32). The number of amides is 1. The van der Waals surface area contributed by atoms with Gasteiger partial charge in [0, 0.05) is 41.1 Å². The zero-order valence-corrected chi connectivity index (χ0v) is 22.6. The maximum Gasteiger partial charge on any atom is 0.337 e. The third kappa shape index (κ3) is 4.73. The van der Waals surface area contributed by atoms with Crippen LogP contribution >= 0.6 is 27.3 Å². The summed E-state index contributed by atoms with van der Waals surface area (Å²) in [6.45, 7) is 3.59. The molecule has 11 heteroatoms. The molecule has 2 saturated heterocycles. The van der Waals surface area contributed by atoms with E-state index in [1.807, 2.05) is 18.2 Å². The van der Waals surface area contributed by atoms with E-state index in [2.05, 4.69) is 38.3 Å². The third-order valence-electron chi connectivity index (χ3n) is 6.68. The van der Waals surface area contributed by atoms with Gasteiger partial charge in [-0.25, -0.2) is 13.2 Å². The summed E-state index contributed by atoms with van der Waals surface area (Å²) in [4.78, 5) is 27.7. The Kier molecular flexibility index (Phi) is 6.77. The number of nitrogens with one attached hydrogen (secondary N) is 1. The first-order valence-corrected chi connectivity index (χ1v) is 14.4. The number of rotatable bonds is 7. The lowest BCUT2D eigenvalue weighted by Gasteiger charge is -2.33. The molecule has 188 valence electrons. The van der Waals surface area contributed by atoms with E-state index in [9.17, 15) is 23.1 Å². The molecule has 0 aliphatic carbocycles. The SMILES string of the molecule is Cc1sc(C(=O)Nc2ccc(Br)cc2C(=O)O)cc1S(=O)(=O)N1CC2CC1CN2Cc1ccccc1. The molecule has 2 bridgehead atoms. The fourth-order valence-corrected chi connectivity index (χ4v) is 8.45. The van der Waals surface area contributed by atoms with Crippen LogP contribution in [0.5, 0.6) is 0 Å². The maximum atomic E-state index is 13.6. The molecule has 3 aromatic rings. The molecule has 2 atom stereocenters. The molecule has 2 N–H and O–H groups in total. The topological polar surface area (TPSA) is 107 Å². The van der Waals surface area contributed by atoms with Gasteiger partial charge in [-0.3, -0.25) is 9.69 Å². The van der Waals surface area contributed by atoms with Crippen molar-refractivity contribution in [3.63, 3.8) is 0 Å². The largest absolute Gasteiger partial charge is 0.478 e. The van der Waals surface area contributed by atoms with Crippen LogP contribution in [0.25, 0.3) is 0 Å². The monoisotopic (exact) mass is 589 g/mol. The Balaban J connectivity index is 1.31. The van der Waals surface area contributed by atoms with E-state index >= 15 is 0 Å². The lowest BCUT2D eigenvalue weighted by molar-refractivity contribution is 0.0698. The minimum atomic E-state index is -3.77. The highest BCUT2D eigenvalue weighted by molar-refractivity contribution is 9.10. The molecule has 1 amide bonds. The lowest BCUT2D eigenvalue weighted by atomic mass is 10.2. The predicted molar refractivity (Wildman–Crippen MR) is 141 cm³/mol. The van der Waals surface area contributed by atoms with E-state index in [1.54, 1.807) is 17.3 Å². The van der Waals surface area contributed by atoms with E-state index < -0.39 is 21.9 Å². The van der Waals surface area contributed by atoms with Gasteiger partial charge in [0.2, 0.25) is 10.0 Å². The van der Waals surface area contributed by atoms with Crippen LogP contribution < -0.4 is 5.32 Å². The Hall–Kier alpha value is -2.57. The number of carboxylic acid groups (broad SMARTS) is 1. The highest BCUT2D eigenvalue weighted by Gasteiger charge is 2.48. The van der Waals surface area contributed by atoms with Gasteiger partial charge in [-0.05, 0) is 43.2 Å². The van der Waals surface area contributed by atoms with Crippen LogP contribution in [0.2, 0.25) is 0 Å². The zero-order valence-electron chi connectivity index (χ0n) is 19.3. The predicted octanol–water partition coefficient (Wildman–Crippen LogP) is 4.42. The van der Waals surface area contributed by atoms with Crippen molar-refractivity contribution in [2.24, 2.45) is 0 Å². The number of benzene rings is 2. The summed E-state index contributed by atoms with van der Waals surface area (Å²) in [5.41, 5.74) is 1.29. The van der Waals surface area contributed by atoms with E-state index in [4.69, 9.17) is 0 Å². The average molecular weight is 591 g/mol. The van der Waals surface area contributed by atoms with Crippen molar-refractivity contribution in [1.82, 2.24) is 9.21 Å². The van der Waals surface area contributed by atoms with Gasteiger partial charge in [0.1, 0.15) is 0 Å². The van der Waals surface area contributed by atoms with Gasteiger partial charge >= 0.3 is 5.97 Å². The van der Waals surface area contributed by atoms with Crippen molar-refractivity contribution in [2.45, 2.75) is 36.9 Å². The molecule has 2 unspecified atom stereocenters. The van der Waals surface area contributed by atoms with Gasteiger partial charge in [0.25, 0.3) is 5.91 Å². The first kappa shape index (κ1) is 25.1. The highest BCUT2D eigenvalue weighted by atomic mass is 79.9. The number of hydrogen-bond acceptors (Lipinski definition) is 6. The number of sulfonamides is 1. The Morgan fingerprint density at radius 1 is 1.11 bits per heavy atom. The summed E-state index contributed by atoms with van der Waals surface area (Å²) in [6.07, 6.45) is 0.796. The number of aromatic carboxylic acids is 1. The molecule has 2 aliphatic rings. The van der Waals surface area contributed by atoms with Crippen molar-refractivity contribution >= 4 is 54.9 Å². The van der Waals surface area contributed by atoms with Gasteiger partial charge in [0.05, 0.1) is 21.0 Å². The van der Waals surface area contributed by atoms with E-state index in [1.165, 1.54) is 23.8 Å². The quantitative estimate of drug-likeness (QED) is 0.422. The molecule has 0 spiro atoms. The normalized spacial score (nSPS) is 20.1. The number of nitrogens with zero attached hydrogens (tertiary/aromatic N) is 2. The lowest BCUT2D eigenvalue weighted by Crippen LogP contribution is -2.48. The molecule has 1 aromatic heterocycles. The number of hydrogen-bond donors (Lipinski definition) is 2. The highest BCUT2D eigenvalue weighted by Crippen LogP contribution is 2.38. The molecule has 2 aliphatic heterocycles. The molecule has 2 aromatic carbocycles. The average Bonchev–Trinajstić information content (AvgIpc) is 3.55. The van der Waals surface area contributed by atoms with Crippen molar-refractivity contribution in [2.75, 3.05) is 18.4 Å². The summed E-state index contributed by atoms with van der Waals surface area (Å²) >= 11 is 4.31. The van der Waals surface area contributed by atoms with Crippen LogP contribution in [0, 0.1) is 6.92 Å². The Morgan fingerprint density at radius 3 is 2.53 bits per heavy atom. The van der Waals surface area contributed by atoms with Crippen LogP contribution in [0.3, 0.4) is 0 Å². The van der Waals surface area contributed by atoms with Crippen molar-refractivity contribution in [1.29, 1.82) is 0 Å². The summed E-state index contributed by atoms with van der Waals surface area (Å²) in [6, 6.07) is 16.1. The summed E-state index contributed by atoms with van der Waals surface area (Å²) in [7, 11) is -3.77. The van der Waals surface area contributed by atoms with Crippen LogP contribution in [-0.2, 0) is 16.6 Å². The zero-order chi connectivity index (χ0) is 25.6. The number of fused-ring (bicyclic) bond motifs is 2. The molecule has 8 nitrogen and oxygen atoms in total. The van der Waals surface area contributed by atoms with Crippen LogP contribution in [0.1, 0.15) is 36.9 Å². The fourth-order valence-electron chi connectivity index (χ4n) is 4.96. The third-order valence-corrected chi connectivity index (χ3v) is 10.4. The molecular formula is C25H24BrN3O5S2.